The van der Waals surface area contributed by atoms with Crippen LogP contribution in [0.15, 0.2) is 0 Å². The SMILES string of the molecule is CCOC(=O)C(C)(CCSCC)C(=O)OCC. The van der Waals surface area contributed by atoms with Gasteiger partial charge in [0.15, 0.2) is 5.41 Å². The van der Waals surface area contributed by atoms with Crippen LogP contribution in [-0.4, -0.2) is 36.7 Å². The Morgan fingerprint density at radius 1 is 1.06 bits per heavy atom. The Bertz CT molecular complexity index is 235. The first-order valence-electron chi connectivity index (χ1n) is 5.95. The van der Waals surface area contributed by atoms with Crippen LogP contribution >= 0.6 is 11.8 Å². The van der Waals surface area contributed by atoms with Gasteiger partial charge in [0, 0.05) is 0 Å². The monoisotopic (exact) mass is 262 g/mol. The van der Waals surface area contributed by atoms with E-state index < -0.39 is 17.4 Å². The number of ether oxygens (including phenoxy) is 2. The van der Waals surface area contributed by atoms with Gasteiger partial charge in [0.2, 0.25) is 0 Å². The molecule has 0 fully saturated rings. The van der Waals surface area contributed by atoms with Crippen molar-refractivity contribution >= 4 is 23.7 Å². The molecule has 0 rings (SSSR count). The molecule has 100 valence electrons. The fourth-order valence-corrected chi connectivity index (χ4v) is 2.13. The smallest absolute Gasteiger partial charge is 0.323 e. The molecule has 17 heavy (non-hydrogen) atoms. The van der Waals surface area contributed by atoms with Crippen LogP contribution in [0.5, 0.6) is 0 Å². The molecule has 0 N–H and O–H groups in total. The summed E-state index contributed by atoms with van der Waals surface area (Å²) in [4.78, 5) is 23.7. The summed E-state index contributed by atoms with van der Waals surface area (Å²) in [6.07, 6.45) is 0.448. The van der Waals surface area contributed by atoms with Crippen LogP contribution in [0.1, 0.15) is 34.1 Å². The van der Waals surface area contributed by atoms with Crippen molar-refractivity contribution in [2.24, 2.45) is 5.41 Å². The summed E-state index contributed by atoms with van der Waals surface area (Å²) in [6, 6.07) is 0. The Morgan fingerprint density at radius 3 is 1.88 bits per heavy atom. The third-order valence-electron chi connectivity index (χ3n) is 2.40. The van der Waals surface area contributed by atoms with E-state index in [-0.39, 0.29) is 13.2 Å². The van der Waals surface area contributed by atoms with Crippen LogP contribution < -0.4 is 0 Å². The molecule has 0 spiro atoms. The minimum Gasteiger partial charge on any atom is -0.465 e. The maximum absolute atomic E-state index is 11.8. The van der Waals surface area contributed by atoms with Crippen molar-refractivity contribution < 1.29 is 19.1 Å². The van der Waals surface area contributed by atoms with Crippen molar-refractivity contribution in [3.8, 4) is 0 Å². The predicted molar refractivity (Wildman–Crippen MR) is 69.0 cm³/mol. The van der Waals surface area contributed by atoms with Gasteiger partial charge in [0.05, 0.1) is 13.2 Å². The van der Waals surface area contributed by atoms with E-state index in [1.807, 2.05) is 6.92 Å². The Morgan fingerprint density at radius 2 is 1.53 bits per heavy atom. The van der Waals surface area contributed by atoms with Crippen molar-refractivity contribution in [3.63, 3.8) is 0 Å². The van der Waals surface area contributed by atoms with Crippen molar-refractivity contribution in [2.75, 3.05) is 24.7 Å². The molecule has 5 heteroatoms. The van der Waals surface area contributed by atoms with Crippen LogP contribution in [0.3, 0.4) is 0 Å². The number of carbonyl (C=O) groups is 2. The van der Waals surface area contributed by atoms with Gasteiger partial charge in [-0.3, -0.25) is 9.59 Å². The summed E-state index contributed by atoms with van der Waals surface area (Å²) in [5.74, 6) is 0.720. The summed E-state index contributed by atoms with van der Waals surface area (Å²) >= 11 is 1.69. The van der Waals surface area contributed by atoms with Gasteiger partial charge in [0.25, 0.3) is 0 Å². The minimum absolute atomic E-state index is 0.273. The molecule has 0 bridgehead atoms. The number of carbonyl (C=O) groups excluding carboxylic acids is 2. The molecule has 0 saturated heterocycles. The van der Waals surface area contributed by atoms with Crippen molar-refractivity contribution in [2.45, 2.75) is 34.1 Å². The molecule has 0 aromatic heterocycles. The molecule has 0 heterocycles. The zero-order valence-electron chi connectivity index (χ0n) is 11.1. The van der Waals surface area contributed by atoms with E-state index in [4.69, 9.17) is 9.47 Å². The molecule has 4 nitrogen and oxygen atoms in total. The third kappa shape index (κ3) is 4.98. The van der Waals surface area contributed by atoms with Crippen LogP contribution in [0, 0.1) is 5.41 Å². The largest absolute Gasteiger partial charge is 0.465 e. The fourth-order valence-electron chi connectivity index (χ4n) is 1.29. The third-order valence-corrected chi connectivity index (χ3v) is 3.30. The first-order valence-corrected chi connectivity index (χ1v) is 7.10. The van der Waals surface area contributed by atoms with E-state index >= 15 is 0 Å². The van der Waals surface area contributed by atoms with E-state index in [9.17, 15) is 9.59 Å². The number of hydrogen-bond acceptors (Lipinski definition) is 5. The average molecular weight is 262 g/mol. The lowest BCUT2D eigenvalue weighted by Gasteiger charge is -2.24. The Hall–Kier alpha value is -0.710. The van der Waals surface area contributed by atoms with Crippen LogP contribution in [-0.2, 0) is 19.1 Å². The van der Waals surface area contributed by atoms with E-state index in [0.29, 0.717) is 6.42 Å². The maximum Gasteiger partial charge on any atom is 0.323 e. The van der Waals surface area contributed by atoms with Gasteiger partial charge in [-0.1, -0.05) is 6.92 Å². The average Bonchev–Trinajstić information content (AvgIpc) is 2.29. The summed E-state index contributed by atoms with van der Waals surface area (Å²) < 4.78 is 9.91. The lowest BCUT2D eigenvalue weighted by molar-refractivity contribution is -0.170. The minimum atomic E-state index is -1.17. The van der Waals surface area contributed by atoms with Gasteiger partial charge in [-0.15, -0.1) is 0 Å². The number of thioether (sulfide) groups is 1. The van der Waals surface area contributed by atoms with E-state index in [2.05, 4.69) is 0 Å². The lowest BCUT2D eigenvalue weighted by Crippen LogP contribution is -2.40. The van der Waals surface area contributed by atoms with E-state index in [1.165, 1.54) is 0 Å². The van der Waals surface area contributed by atoms with Gasteiger partial charge < -0.3 is 9.47 Å². The molecule has 0 aromatic rings. The van der Waals surface area contributed by atoms with Crippen LogP contribution in [0.4, 0.5) is 0 Å². The molecule has 0 aromatic carbocycles. The molecule has 0 saturated carbocycles. The number of hydrogen-bond donors (Lipinski definition) is 0. The van der Waals surface area contributed by atoms with Gasteiger partial charge in [-0.2, -0.15) is 11.8 Å². The standard InChI is InChI=1S/C12H22O4S/c1-5-15-10(13)12(4,8-9-17-7-3)11(14)16-6-2/h5-9H2,1-4H3. The van der Waals surface area contributed by atoms with E-state index in [1.54, 1.807) is 32.5 Å². The second kappa shape index (κ2) is 8.39. The van der Waals surface area contributed by atoms with Crippen LogP contribution in [0.25, 0.3) is 0 Å². The zero-order valence-corrected chi connectivity index (χ0v) is 11.9. The van der Waals surface area contributed by atoms with Gasteiger partial charge >= 0.3 is 11.9 Å². The molecule has 0 aliphatic heterocycles. The number of rotatable bonds is 8. The summed E-state index contributed by atoms with van der Waals surface area (Å²) in [5.41, 5.74) is -1.17. The normalized spacial score (nSPS) is 11.1. The maximum atomic E-state index is 11.8. The second-order valence-electron chi connectivity index (χ2n) is 3.72. The van der Waals surface area contributed by atoms with Crippen molar-refractivity contribution in [3.05, 3.63) is 0 Å². The Kier molecular flexibility index (Phi) is 8.04. The second-order valence-corrected chi connectivity index (χ2v) is 5.11. The molecule has 0 atom stereocenters. The topological polar surface area (TPSA) is 52.6 Å². The predicted octanol–water partition coefficient (Wildman–Crippen LogP) is 2.26. The highest BCUT2D eigenvalue weighted by atomic mass is 32.2. The lowest BCUT2D eigenvalue weighted by atomic mass is 9.87. The van der Waals surface area contributed by atoms with Gasteiger partial charge in [-0.25, -0.2) is 0 Å². The molecular weight excluding hydrogens is 240 g/mol. The number of esters is 2. The first kappa shape index (κ1) is 16.3. The van der Waals surface area contributed by atoms with Crippen LogP contribution in [0.2, 0.25) is 0 Å². The zero-order chi connectivity index (χ0) is 13.3. The van der Waals surface area contributed by atoms with Gasteiger partial charge in [-0.05, 0) is 38.7 Å². The highest BCUT2D eigenvalue weighted by molar-refractivity contribution is 7.99. The highest BCUT2D eigenvalue weighted by Gasteiger charge is 2.43. The summed E-state index contributed by atoms with van der Waals surface area (Å²) in [6.45, 7) is 7.63. The van der Waals surface area contributed by atoms with Crippen molar-refractivity contribution in [1.29, 1.82) is 0 Å². The summed E-state index contributed by atoms with van der Waals surface area (Å²) in [7, 11) is 0. The molecular formula is C12H22O4S. The Labute approximate surface area is 107 Å². The first-order chi connectivity index (χ1) is 8.02. The Balaban J connectivity index is 4.66. The molecule has 0 unspecified atom stereocenters. The van der Waals surface area contributed by atoms with E-state index in [0.717, 1.165) is 11.5 Å². The van der Waals surface area contributed by atoms with Crippen molar-refractivity contribution in [1.82, 2.24) is 0 Å². The molecule has 0 aliphatic rings. The molecule has 0 amide bonds. The molecule has 0 aliphatic carbocycles. The fraction of sp³-hybridized carbons (Fsp3) is 0.833. The highest BCUT2D eigenvalue weighted by Crippen LogP contribution is 2.27. The summed E-state index contributed by atoms with van der Waals surface area (Å²) in [5, 5.41) is 0. The van der Waals surface area contributed by atoms with Gasteiger partial charge in [0.1, 0.15) is 0 Å². The molecule has 0 radical (unpaired) electrons. The quantitative estimate of drug-likeness (QED) is 0.381.